The fraction of sp³-hybridized carbons (Fsp3) is 0.600. The number of ether oxygens (including phenoxy) is 3. The smallest absolute Gasteiger partial charge is 0.0961 e. The molecule has 0 saturated carbocycles. The van der Waals surface area contributed by atoms with Crippen LogP contribution in [0.1, 0.15) is 24.8 Å². The number of benzene rings is 1. The third kappa shape index (κ3) is 3.08. The van der Waals surface area contributed by atoms with Gasteiger partial charge in [-0.05, 0) is 24.1 Å². The van der Waals surface area contributed by atoms with Gasteiger partial charge in [0.25, 0.3) is 0 Å². The second-order valence-electron chi connectivity index (χ2n) is 5.50. The predicted octanol–water partition coefficient (Wildman–Crippen LogP) is 2.12. The summed E-state index contributed by atoms with van der Waals surface area (Å²) >= 11 is 0. The maximum absolute atomic E-state index is 6.02. The molecule has 3 rings (SSSR count). The summed E-state index contributed by atoms with van der Waals surface area (Å²) in [7, 11) is 0. The summed E-state index contributed by atoms with van der Waals surface area (Å²) in [5.74, 6) is 0. The molecule has 19 heavy (non-hydrogen) atoms. The third-order valence-corrected chi connectivity index (χ3v) is 3.98. The molecular formula is C15H21NO3. The zero-order valence-electron chi connectivity index (χ0n) is 11.1. The summed E-state index contributed by atoms with van der Waals surface area (Å²) in [6.07, 6.45) is 3.18. The van der Waals surface area contributed by atoms with Crippen LogP contribution in [-0.2, 0) is 20.8 Å². The van der Waals surface area contributed by atoms with Crippen molar-refractivity contribution in [2.75, 3.05) is 25.6 Å². The molecule has 0 amide bonds. The van der Waals surface area contributed by atoms with Gasteiger partial charge in [0.1, 0.15) is 0 Å². The Bertz CT molecular complexity index is 412. The van der Waals surface area contributed by atoms with Gasteiger partial charge in [-0.25, -0.2) is 0 Å². The number of anilines is 1. The molecule has 4 heteroatoms. The van der Waals surface area contributed by atoms with Crippen molar-refractivity contribution in [3.8, 4) is 0 Å². The first-order chi connectivity index (χ1) is 9.26. The van der Waals surface area contributed by atoms with E-state index in [0.717, 1.165) is 43.7 Å². The van der Waals surface area contributed by atoms with Crippen LogP contribution in [0.4, 0.5) is 5.69 Å². The first-order valence-electron chi connectivity index (χ1n) is 6.94. The molecule has 4 nitrogen and oxygen atoms in total. The molecule has 0 aliphatic carbocycles. The molecule has 2 heterocycles. The molecule has 2 N–H and O–H groups in total. The van der Waals surface area contributed by atoms with E-state index in [0.29, 0.717) is 13.2 Å². The molecule has 2 saturated heterocycles. The van der Waals surface area contributed by atoms with E-state index in [9.17, 15) is 0 Å². The average Bonchev–Trinajstić information content (AvgIpc) is 2.86. The number of nitrogens with two attached hydrogens (primary N) is 1. The van der Waals surface area contributed by atoms with E-state index in [1.165, 1.54) is 0 Å². The first kappa shape index (κ1) is 12.9. The Morgan fingerprint density at radius 2 is 2.11 bits per heavy atom. The highest BCUT2D eigenvalue weighted by Gasteiger charge is 2.41. The van der Waals surface area contributed by atoms with Crippen LogP contribution in [0.3, 0.4) is 0 Å². The van der Waals surface area contributed by atoms with Crippen molar-refractivity contribution in [3.05, 3.63) is 29.8 Å². The number of rotatable bonds is 3. The van der Waals surface area contributed by atoms with Gasteiger partial charge < -0.3 is 19.9 Å². The van der Waals surface area contributed by atoms with Crippen LogP contribution in [0, 0.1) is 0 Å². The summed E-state index contributed by atoms with van der Waals surface area (Å²) in [6.45, 7) is 2.94. The van der Waals surface area contributed by atoms with Crippen molar-refractivity contribution in [2.24, 2.45) is 0 Å². The zero-order valence-corrected chi connectivity index (χ0v) is 11.1. The van der Waals surface area contributed by atoms with Crippen LogP contribution in [0.5, 0.6) is 0 Å². The van der Waals surface area contributed by atoms with E-state index in [-0.39, 0.29) is 11.7 Å². The zero-order chi connectivity index (χ0) is 13.1. The summed E-state index contributed by atoms with van der Waals surface area (Å²) in [4.78, 5) is 0. The fourth-order valence-electron chi connectivity index (χ4n) is 2.82. The quantitative estimate of drug-likeness (QED) is 0.849. The molecule has 1 spiro atoms. The van der Waals surface area contributed by atoms with Gasteiger partial charge in [-0.2, -0.15) is 0 Å². The number of hydrogen-bond donors (Lipinski definition) is 1. The van der Waals surface area contributed by atoms with Crippen LogP contribution >= 0.6 is 0 Å². The Morgan fingerprint density at radius 3 is 2.84 bits per heavy atom. The topological polar surface area (TPSA) is 53.7 Å². The summed E-state index contributed by atoms with van der Waals surface area (Å²) in [6, 6.07) is 7.86. The molecule has 0 radical (unpaired) electrons. The van der Waals surface area contributed by atoms with Gasteiger partial charge >= 0.3 is 0 Å². The van der Waals surface area contributed by atoms with Gasteiger partial charge in [0.05, 0.1) is 24.9 Å². The maximum Gasteiger partial charge on any atom is 0.0961 e. The molecule has 2 atom stereocenters. The SMILES string of the molecule is Nc1ccc(COC2CCOC3(CCOC3)C2)cc1. The lowest BCUT2D eigenvalue weighted by Crippen LogP contribution is -2.43. The minimum Gasteiger partial charge on any atom is -0.399 e. The van der Waals surface area contributed by atoms with Gasteiger partial charge in [0.15, 0.2) is 0 Å². The molecule has 0 aromatic heterocycles. The summed E-state index contributed by atoms with van der Waals surface area (Å²) in [5, 5.41) is 0. The molecule has 2 aliphatic rings. The van der Waals surface area contributed by atoms with Gasteiger partial charge in [-0.3, -0.25) is 0 Å². The van der Waals surface area contributed by atoms with E-state index in [4.69, 9.17) is 19.9 Å². The van der Waals surface area contributed by atoms with Gasteiger partial charge in [0, 0.05) is 31.7 Å². The van der Waals surface area contributed by atoms with E-state index in [1.807, 2.05) is 24.3 Å². The van der Waals surface area contributed by atoms with Gasteiger partial charge in [-0.1, -0.05) is 12.1 Å². The molecule has 2 fully saturated rings. The standard InChI is InChI=1S/C15H21NO3/c16-13-3-1-12(2-4-13)10-18-14-5-7-19-15(9-14)6-8-17-11-15/h1-4,14H,5-11,16H2. The minimum absolute atomic E-state index is 0.0793. The summed E-state index contributed by atoms with van der Waals surface area (Å²) < 4.78 is 17.4. The maximum atomic E-state index is 6.02. The monoisotopic (exact) mass is 263 g/mol. The molecule has 1 aromatic carbocycles. The van der Waals surface area contributed by atoms with Crippen molar-refractivity contribution >= 4 is 5.69 Å². The van der Waals surface area contributed by atoms with Crippen molar-refractivity contribution in [2.45, 2.75) is 37.6 Å². The van der Waals surface area contributed by atoms with Crippen molar-refractivity contribution in [1.82, 2.24) is 0 Å². The van der Waals surface area contributed by atoms with Gasteiger partial charge in [0.2, 0.25) is 0 Å². The largest absolute Gasteiger partial charge is 0.399 e. The molecule has 0 bridgehead atoms. The highest BCUT2D eigenvalue weighted by atomic mass is 16.6. The molecule has 1 aromatic rings. The Kier molecular flexibility index (Phi) is 3.73. The Labute approximate surface area is 113 Å². The van der Waals surface area contributed by atoms with Crippen LogP contribution in [0.15, 0.2) is 24.3 Å². The highest BCUT2D eigenvalue weighted by molar-refractivity contribution is 5.39. The van der Waals surface area contributed by atoms with Gasteiger partial charge in [-0.15, -0.1) is 0 Å². The lowest BCUT2D eigenvalue weighted by atomic mass is 9.91. The van der Waals surface area contributed by atoms with E-state index in [2.05, 4.69) is 0 Å². The van der Waals surface area contributed by atoms with Crippen LogP contribution in [0.2, 0.25) is 0 Å². The summed E-state index contributed by atoms with van der Waals surface area (Å²) in [5.41, 5.74) is 7.55. The van der Waals surface area contributed by atoms with Crippen LogP contribution in [0.25, 0.3) is 0 Å². The highest BCUT2D eigenvalue weighted by Crippen LogP contribution is 2.34. The average molecular weight is 263 g/mol. The van der Waals surface area contributed by atoms with Crippen molar-refractivity contribution in [3.63, 3.8) is 0 Å². The lowest BCUT2D eigenvalue weighted by Gasteiger charge is -2.36. The lowest BCUT2D eigenvalue weighted by molar-refractivity contribution is -0.136. The predicted molar refractivity (Wildman–Crippen MR) is 72.8 cm³/mol. The Morgan fingerprint density at radius 1 is 1.26 bits per heavy atom. The second kappa shape index (κ2) is 5.49. The first-order valence-corrected chi connectivity index (χ1v) is 6.94. The molecule has 2 unspecified atom stereocenters. The van der Waals surface area contributed by atoms with E-state index >= 15 is 0 Å². The van der Waals surface area contributed by atoms with Crippen molar-refractivity contribution in [1.29, 1.82) is 0 Å². The third-order valence-electron chi connectivity index (χ3n) is 3.98. The van der Waals surface area contributed by atoms with Crippen molar-refractivity contribution < 1.29 is 14.2 Å². The number of nitrogen functional groups attached to an aromatic ring is 1. The Balaban J connectivity index is 1.53. The Hall–Kier alpha value is -1.10. The normalized spacial score (nSPS) is 30.8. The van der Waals surface area contributed by atoms with Crippen LogP contribution in [-0.4, -0.2) is 31.5 Å². The van der Waals surface area contributed by atoms with E-state index in [1.54, 1.807) is 0 Å². The fourth-order valence-corrected chi connectivity index (χ4v) is 2.82. The van der Waals surface area contributed by atoms with Crippen LogP contribution < -0.4 is 5.73 Å². The minimum atomic E-state index is -0.0793. The molecule has 2 aliphatic heterocycles. The van der Waals surface area contributed by atoms with E-state index < -0.39 is 0 Å². The molecule has 104 valence electrons. The molecular weight excluding hydrogens is 242 g/mol. The number of hydrogen-bond acceptors (Lipinski definition) is 4. The second-order valence-corrected chi connectivity index (χ2v) is 5.50.